The van der Waals surface area contributed by atoms with Crippen molar-refractivity contribution in [2.45, 2.75) is 45.1 Å². The number of hydrogen-bond acceptors (Lipinski definition) is 2. The van der Waals surface area contributed by atoms with E-state index in [-0.39, 0.29) is 5.82 Å². The Bertz CT molecular complexity index is 526. The van der Waals surface area contributed by atoms with Crippen molar-refractivity contribution in [2.24, 2.45) is 4.99 Å². The van der Waals surface area contributed by atoms with E-state index in [1.165, 1.54) is 57.8 Å². The Morgan fingerprint density at radius 2 is 2.00 bits per heavy atom. The van der Waals surface area contributed by atoms with Crippen LogP contribution in [0.25, 0.3) is 0 Å². The normalized spacial score (nSPS) is 16.0. The van der Waals surface area contributed by atoms with Gasteiger partial charge >= 0.3 is 0 Å². The highest BCUT2D eigenvalue weighted by atomic mass is 19.1. The Morgan fingerprint density at radius 3 is 2.72 bits per heavy atom. The van der Waals surface area contributed by atoms with Gasteiger partial charge in [-0.05, 0) is 63.0 Å². The van der Waals surface area contributed by atoms with Gasteiger partial charge in [0.2, 0.25) is 0 Å². The smallest absolute Gasteiger partial charge is 0.193 e. The Kier molecular flexibility index (Phi) is 8.73. The van der Waals surface area contributed by atoms with Gasteiger partial charge in [0.1, 0.15) is 5.82 Å². The molecule has 0 aliphatic carbocycles. The second kappa shape index (κ2) is 11.1. The van der Waals surface area contributed by atoms with Crippen molar-refractivity contribution < 1.29 is 4.39 Å². The quantitative estimate of drug-likeness (QED) is 0.443. The van der Waals surface area contributed by atoms with Gasteiger partial charge < -0.3 is 15.1 Å². The van der Waals surface area contributed by atoms with Gasteiger partial charge in [0.25, 0.3) is 0 Å². The average molecular weight is 349 g/mol. The van der Waals surface area contributed by atoms with Crippen LogP contribution in [-0.4, -0.2) is 56.0 Å². The molecule has 1 N–H and O–H groups in total. The van der Waals surface area contributed by atoms with Crippen molar-refractivity contribution in [3.63, 3.8) is 0 Å². The van der Waals surface area contributed by atoms with Crippen LogP contribution in [0.2, 0.25) is 0 Å². The summed E-state index contributed by atoms with van der Waals surface area (Å²) in [7, 11) is 3.78. The highest BCUT2D eigenvalue weighted by molar-refractivity contribution is 5.79. The van der Waals surface area contributed by atoms with E-state index in [9.17, 15) is 4.39 Å². The van der Waals surface area contributed by atoms with E-state index in [4.69, 9.17) is 0 Å². The van der Waals surface area contributed by atoms with Crippen molar-refractivity contribution in [3.05, 3.63) is 35.6 Å². The summed E-state index contributed by atoms with van der Waals surface area (Å²) in [6, 6.07) is 6.73. The van der Waals surface area contributed by atoms with Gasteiger partial charge in [0, 0.05) is 27.2 Å². The van der Waals surface area contributed by atoms with Crippen LogP contribution in [0.4, 0.5) is 4.39 Å². The lowest BCUT2D eigenvalue weighted by Crippen LogP contribution is -2.38. The van der Waals surface area contributed by atoms with Crippen LogP contribution in [0.3, 0.4) is 0 Å². The molecule has 1 fully saturated rings. The highest BCUT2D eigenvalue weighted by Gasteiger charge is 2.09. The molecule has 140 valence electrons. The van der Waals surface area contributed by atoms with Crippen LogP contribution in [0.1, 0.15) is 44.1 Å². The van der Waals surface area contributed by atoms with Gasteiger partial charge in [-0.1, -0.05) is 25.0 Å². The zero-order valence-corrected chi connectivity index (χ0v) is 15.8. The minimum absolute atomic E-state index is 0.192. The fraction of sp³-hybridized carbons (Fsp3) is 0.650. The fourth-order valence-electron chi connectivity index (χ4n) is 3.39. The highest BCUT2D eigenvalue weighted by Crippen LogP contribution is 2.10. The average Bonchev–Trinajstić information content (AvgIpc) is 2.62. The molecule has 2 rings (SSSR count). The number of nitrogens with zero attached hydrogens (tertiary/aromatic N) is 3. The van der Waals surface area contributed by atoms with E-state index in [1.54, 1.807) is 19.2 Å². The summed E-state index contributed by atoms with van der Waals surface area (Å²) >= 11 is 0. The SMILES string of the molecule is CN=C(NCCCCCN1CCCCC1)N(C)Cc1cccc(F)c1. The number of hydrogen-bond donors (Lipinski definition) is 1. The first-order valence-corrected chi connectivity index (χ1v) is 9.57. The summed E-state index contributed by atoms with van der Waals surface area (Å²) in [4.78, 5) is 8.96. The molecule has 25 heavy (non-hydrogen) atoms. The second-order valence-corrected chi connectivity index (χ2v) is 6.92. The van der Waals surface area contributed by atoms with E-state index in [0.717, 1.165) is 24.5 Å². The molecule has 1 aliphatic heterocycles. The van der Waals surface area contributed by atoms with Gasteiger partial charge in [0.05, 0.1) is 0 Å². The summed E-state index contributed by atoms with van der Waals surface area (Å²) in [6.45, 7) is 5.40. The Hall–Kier alpha value is -1.62. The number of benzene rings is 1. The molecule has 1 aromatic rings. The van der Waals surface area contributed by atoms with Gasteiger partial charge in [-0.25, -0.2) is 4.39 Å². The van der Waals surface area contributed by atoms with Crippen LogP contribution in [0.15, 0.2) is 29.3 Å². The van der Waals surface area contributed by atoms with E-state index in [0.29, 0.717) is 6.54 Å². The number of guanidine groups is 1. The first-order chi connectivity index (χ1) is 12.2. The predicted octanol–water partition coefficient (Wildman–Crippen LogP) is 3.49. The van der Waals surface area contributed by atoms with Crippen LogP contribution in [-0.2, 0) is 6.54 Å². The van der Waals surface area contributed by atoms with Crippen LogP contribution in [0, 0.1) is 5.82 Å². The van der Waals surface area contributed by atoms with Gasteiger partial charge in [-0.3, -0.25) is 4.99 Å². The van der Waals surface area contributed by atoms with E-state index in [1.807, 2.05) is 18.0 Å². The molecule has 0 bridgehead atoms. The summed E-state index contributed by atoms with van der Waals surface area (Å²) in [6.07, 6.45) is 7.82. The topological polar surface area (TPSA) is 30.9 Å². The Balaban J connectivity index is 1.60. The fourth-order valence-corrected chi connectivity index (χ4v) is 3.39. The molecule has 0 atom stereocenters. The standard InChI is InChI=1S/C20H33FN4/c1-22-20(24(2)17-18-10-9-11-19(21)16-18)23-12-5-3-6-13-25-14-7-4-8-15-25/h9-11,16H,3-8,12-15,17H2,1-2H3,(H,22,23). The van der Waals surface area contributed by atoms with Gasteiger partial charge in [-0.15, -0.1) is 0 Å². The van der Waals surface area contributed by atoms with Crippen molar-refractivity contribution >= 4 is 5.96 Å². The van der Waals surface area contributed by atoms with Gasteiger partial charge in [-0.2, -0.15) is 0 Å². The number of halogens is 1. The molecule has 0 spiro atoms. The van der Waals surface area contributed by atoms with Gasteiger partial charge in [0.15, 0.2) is 5.96 Å². The molecular formula is C20H33FN4. The van der Waals surface area contributed by atoms with Crippen LogP contribution < -0.4 is 5.32 Å². The lowest BCUT2D eigenvalue weighted by atomic mass is 10.1. The maximum atomic E-state index is 13.3. The van der Waals surface area contributed by atoms with E-state index in [2.05, 4.69) is 15.2 Å². The van der Waals surface area contributed by atoms with Crippen molar-refractivity contribution in [1.82, 2.24) is 15.1 Å². The largest absolute Gasteiger partial charge is 0.356 e. The number of piperidine rings is 1. The minimum atomic E-state index is -0.192. The molecule has 1 aromatic carbocycles. The number of aliphatic imine (C=N–C) groups is 1. The third-order valence-corrected chi connectivity index (χ3v) is 4.77. The number of nitrogens with one attached hydrogen (secondary N) is 1. The third-order valence-electron chi connectivity index (χ3n) is 4.77. The van der Waals surface area contributed by atoms with E-state index < -0.39 is 0 Å². The van der Waals surface area contributed by atoms with Crippen molar-refractivity contribution in [2.75, 3.05) is 40.3 Å². The monoisotopic (exact) mass is 348 g/mol. The number of likely N-dealkylation sites (tertiary alicyclic amines) is 1. The van der Waals surface area contributed by atoms with E-state index >= 15 is 0 Å². The maximum absolute atomic E-state index is 13.3. The first-order valence-electron chi connectivity index (χ1n) is 9.57. The van der Waals surface area contributed by atoms with Crippen LogP contribution in [0.5, 0.6) is 0 Å². The van der Waals surface area contributed by atoms with Crippen molar-refractivity contribution in [1.29, 1.82) is 0 Å². The third kappa shape index (κ3) is 7.43. The lowest BCUT2D eigenvalue weighted by Gasteiger charge is -2.26. The molecule has 1 heterocycles. The molecule has 4 nitrogen and oxygen atoms in total. The number of unbranched alkanes of at least 4 members (excludes halogenated alkanes) is 2. The Morgan fingerprint density at radius 1 is 1.20 bits per heavy atom. The Labute approximate surface area is 152 Å². The maximum Gasteiger partial charge on any atom is 0.193 e. The second-order valence-electron chi connectivity index (χ2n) is 6.92. The summed E-state index contributed by atoms with van der Waals surface area (Å²) in [5, 5.41) is 3.41. The minimum Gasteiger partial charge on any atom is -0.356 e. The van der Waals surface area contributed by atoms with Crippen LogP contribution >= 0.6 is 0 Å². The zero-order valence-electron chi connectivity index (χ0n) is 15.8. The molecule has 5 heteroatoms. The molecule has 0 saturated carbocycles. The zero-order chi connectivity index (χ0) is 17.9. The molecule has 0 radical (unpaired) electrons. The molecule has 0 aromatic heterocycles. The molecule has 1 saturated heterocycles. The molecule has 1 aliphatic rings. The predicted molar refractivity (Wildman–Crippen MR) is 103 cm³/mol. The molecular weight excluding hydrogens is 315 g/mol. The molecule has 0 unspecified atom stereocenters. The summed E-state index contributed by atoms with van der Waals surface area (Å²) in [5.41, 5.74) is 0.951. The van der Waals surface area contributed by atoms with Crippen molar-refractivity contribution in [3.8, 4) is 0 Å². The summed E-state index contributed by atoms with van der Waals surface area (Å²) < 4.78 is 13.3. The lowest BCUT2D eigenvalue weighted by molar-refractivity contribution is 0.224. The summed E-state index contributed by atoms with van der Waals surface area (Å²) in [5.74, 6) is 0.669. The first kappa shape index (κ1) is 19.7. The number of rotatable bonds is 8. The molecule has 0 amide bonds.